The Hall–Kier alpha value is 0.690. The van der Waals surface area contributed by atoms with Crippen LogP contribution in [-0.4, -0.2) is 0 Å². The van der Waals surface area contributed by atoms with Gasteiger partial charge in [0.25, 0.3) is 0 Å². The van der Waals surface area contributed by atoms with Crippen molar-refractivity contribution in [2.45, 2.75) is 0 Å². The highest BCUT2D eigenvalue weighted by atomic mass is 127. The first-order valence-corrected chi connectivity index (χ1v) is 9.15. The third kappa shape index (κ3) is 3.86. The maximum atomic E-state index is 11.5. The topological polar surface area (TPSA) is 35.5 Å². The second kappa shape index (κ2) is 6.03. The SMILES string of the molecule is O=[PH](Oc1csc(I)c1)Oc1csc(I)c1. The van der Waals surface area contributed by atoms with E-state index >= 15 is 0 Å². The van der Waals surface area contributed by atoms with Crippen LogP contribution in [0.4, 0.5) is 0 Å². The summed E-state index contributed by atoms with van der Waals surface area (Å²) >= 11 is 7.45. The van der Waals surface area contributed by atoms with E-state index in [4.69, 9.17) is 9.05 Å². The maximum absolute atomic E-state index is 11.5. The summed E-state index contributed by atoms with van der Waals surface area (Å²) in [5.41, 5.74) is 0. The number of thiophene rings is 2. The van der Waals surface area contributed by atoms with Crippen LogP contribution < -0.4 is 9.05 Å². The first-order valence-electron chi connectivity index (χ1n) is 4.01. The molecule has 0 unspecified atom stereocenters. The van der Waals surface area contributed by atoms with E-state index < -0.39 is 8.25 Å². The Labute approximate surface area is 128 Å². The van der Waals surface area contributed by atoms with Crippen LogP contribution in [0.3, 0.4) is 0 Å². The van der Waals surface area contributed by atoms with Crippen molar-refractivity contribution in [3.05, 3.63) is 28.7 Å². The summed E-state index contributed by atoms with van der Waals surface area (Å²) in [4.78, 5) is 0. The zero-order valence-corrected chi connectivity index (χ0v) is 14.6. The molecule has 2 rings (SSSR count). The molecule has 0 amide bonds. The highest BCUT2D eigenvalue weighted by molar-refractivity contribution is 14.1. The van der Waals surface area contributed by atoms with Crippen LogP contribution in [0.25, 0.3) is 0 Å². The van der Waals surface area contributed by atoms with E-state index in [9.17, 15) is 4.57 Å². The van der Waals surface area contributed by atoms with Crippen molar-refractivity contribution < 1.29 is 13.6 Å². The van der Waals surface area contributed by atoms with E-state index in [0.717, 1.165) is 5.77 Å². The molecule has 0 atom stereocenters. The van der Waals surface area contributed by atoms with Gasteiger partial charge >= 0.3 is 8.25 Å². The van der Waals surface area contributed by atoms with Crippen LogP contribution in [-0.2, 0) is 4.57 Å². The van der Waals surface area contributed by atoms with Gasteiger partial charge in [-0.25, -0.2) is 4.57 Å². The quantitative estimate of drug-likeness (QED) is 0.447. The predicted octanol–water partition coefficient (Wildman–Crippen LogP) is 4.87. The zero-order valence-electron chi connectivity index (χ0n) is 7.61. The lowest BCUT2D eigenvalue weighted by Crippen LogP contribution is -1.85. The van der Waals surface area contributed by atoms with Crippen LogP contribution in [0, 0.1) is 5.77 Å². The van der Waals surface area contributed by atoms with Gasteiger partial charge in [0, 0.05) is 22.9 Å². The van der Waals surface area contributed by atoms with Gasteiger partial charge in [0.05, 0.1) is 5.77 Å². The number of hydrogen-bond donors (Lipinski definition) is 0. The Balaban J connectivity index is 1.94. The summed E-state index contributed by atoms with van der Waals surface area (Å²) in [6.45, 7) is 0. The molecule has 3 nitrogen and oxygen atoms in total. The molecule has 0 saturated heterocycles. The summed E-state index contributed by atoms with van der Waals surface area (Å²) in [5.74, 6) is 1.20. The smallest absolute Gasteiger partial charge is 0.417 e. The largest absolute Gasteiger partial charge is 0.419 e. The molecular formula is C8H5I2O3PS2. The average molecular weight is 498 g/mol. The van der Waals surface area contributed by atoms with E-state index in [-0.39, 0.29) is 0 Å². The van der Waals surface area contributed by atoms with Crippen molar-refractivity contribution >= 4 is 76.1 Å². The third-order valence-electron chi connectivity index (χ3n) is 1.49. The van der Waals surface area contributed by atoms with Crippen LogP contribution >= 0.6 is 76.1 Å². The van der Waals surface area contributed by atoms with Gasteiger partial charge in [0.15, 0.2) is 0 Å². The van der Waals surface area contributed by atoms with Crippen molar-refractivity contribution in [1.29, 1.82) is 0 Å². The molecule has 0 aliphatic carbocycles. The van der Waals surface area contributed by atoms with Gasteiger partial charge in [0.1, 0.15) is 11.5 Å². The van der Waals surface area contributed by atoms with E-state index in [0.29, 0.717) is 11.5 Å². The van der Waals surface area contributed by atoms with Gasteiger partial charge < -0.3 is 9.05 Å². The molecule has 0 fully saturated rings. The van der Waals surface area contributed by atoms with Gasteiger partial charge in [0.2, 0.25) is 0 Å². The molecule has 2 aromatic rings. The Kier molecular flexibility index (Phi) is 4.95. The number of rotatable bonds is 4. The van der Waals surface area contributed by atoms with Crippen molar-refractivity contribution in [3.8, 4) is 11.5 Å². The standard InChI is InChI=1S/C8H5I2O3PS2/c9-7-1-5(3-15-7)12-14(11)13-6-2-8(10)16-4-6/h1-4,14H. The van der Waals surface area contributed by atoms with E-state index in [1.807, 2.05) is 22.9 Å². The summed E-state index contributed by atoms with van der Waals surface area (Å²) < 4.78 is 24.1. The van der Waals surface area contributed by atoms with Gasteiger partial charge in [-0.15, -0.1) is 22.7 Å². The fourth-order valence-corrected chi connectivity index (χ4v) is 4.18. The number of hydrogen-bond acceptors (Lipinski definition) is 5. The molecule has 0 aliphatic heterocycles. The van der Waals surface area contributed by atoms with Crippen LogP contribution in [0.15, 0.2) is 22.9 Å². The minimum absolute atomic E-state index is 0.600. The van der Waals surface area contributed by atoms with Gasteiger partial charge in [-0.3, -0.25) is 0 Å². The van der Waals surface area contributed by atoms with Crippen LogP contribution in [0.5, 0.6) is 11.5 Å². The predicted molar refractivity (Wildman–Crippen MR) is 84.3 cm³/mol. The Morgan fingerprint density at radius 1 is 1.00 bits per heavy atom. The van der Waals surface area contributed by atoms with E-state index in [1.54, 1.807) is 22.7 Å². The second-order valence-corrected chi connectivity index (χ2v) is 9.15. The zero-order chi connectivity index (χ0) is 11.5. The summed E-state index contributed by atoms with van der Waals surface area (Å²) in [6, 6.07) is 3.66. The Bertz CT molecular complexity index is 467. The molecule has 2 aromatic heterocycles. The van der Waals surface area contributed by atoms with Crippen molar-refractivity contribution in [2.75, 3.05) is 0 Å². The molecule has 0 radical (unpaired) electrons. The highest BCUT2D eigenvalue weighted by Gasteiger charge is 2.07. The van der Waals surface area contributed by atoms with Crippen molar-refractivity contribution in [3.63, 3.8) is 0 Å². The second-order valence-electron chi connectivity index (χ2n) is 2.63. The fraction of sp³-hybridized carbons (Fsp3) is 0. The minimum Gasteiger partial charge on any atom is -0.417 e. The normalized spacial score (nSPS) is 10.7. The van der Waals surface area contributed by atoms with Crippen molar-refractivity contribution in [2.24, 2.45) is 0 Å². The highest BCUT2D eigenvalue weighted by Crippen LogP contribution is 2.35. The maximum Gasteiger partial charge on any atom is 0.419 e. The molecular weight excluding hydrogens is 493 g/mol. The Morgan fingerprint density at radius 3 is 1.75 bits per heavy atom. The molecule has 0 aromatic carbocycles. The van der Waals surface area contributed by atoms with E-state index in [2.05, 4.69) is 45.2 Å². The molecule has 0 aliphatic rings. The number of halogens is 2. The molecule has 8 heteroatoms. The molecule has 16 heavy (non-hydrogen) atoms. The fourth-order valence-electron chi connectivity index (χ4n) is 0.909. The van der Waals surface area contributed by atoms with Crippen molar-refractivity contribution in [1.82, 2.24) is 0 Å². The molecule has 2 heterocycles. The lowest BCUT2D eigenvalue weighted by atomic mass is 10.6. The molecule has 0 bridgehead atoms. The minimum atomic E-state index is -2.51. The monoisotopic (exact) mass is 498 g/mol. The van der Waals surface area contributed by atoms with Gasteiger partial charge in [-0.05, 0) is 45.2 Å². The lowest BCUT2D eigenvalue weighted by Gasteiger charge is -2.03. The molecule has 0 saturated carbocycles. The summed E-state index contributed by atoms with van der Waals surface area (Å²) in [6.07, 6.45) is 0. The molecule has 86 valence electrons. The molecule has 0 N–H and O–H groups in total. The summed E-state index contributed by atoms with van der Waals surface area (Å²) in [7, 11) is -2.51. The van der Waals surface area contributed by atoms with E-state index in [1.165, 1.54) is 0 Å². The third-order valence-corrected chi connectivity index (χ3v) is 5.83. The molecule has 0 spiro atoms. The van der Waals surface area contributed by atoms with Crippen LogP contribution in [0.1, 0.15) is 0 Å². The van der Waals surface area contributed by atoms with Gasteiger partial charge in [-0.2, -0.15) is 0 Å². The van der Waals surface area contributed by atoms with Gasteiger partial charge in [-0.1, -0.05) is 0 Å². The first-order chi connectivity index (χ1) is 7.63. The summed E-state index contributed by atoms with van der Waals surface area (Å²) in [5, 5.41) is 3.62. The average Bonchev–Trinajstić information content (AvgIpc) is 2.76. The Morgan fingerprint density at radius 2 is 1.44 bits per heavy atom. The lowest BCUT2D eigenvalue weighted by molar-refractivity contribution is 0.417. The van der Waals surface area contributed by atoms with Crippen LogP contribution in [0.2, 0.25) is 0 Å². The first kappa shape index (κ1) is 13.1.